The molecule has 0 fully saturated rings. The minimum atomic E-state index is -0.600. The fourth-order valence-electron chi connectivity index (χ4n) is 4.59. The molecular formula is C33H26Cl3N3O5. The van der Waals surface area contributed by atoms with E-state index in [-0.39, 0.29) is 17.0 Å². The second-order valence-corrected chi connectivity index (χ2v) is 10.6. The van der Waals surface area contributed by atoms with E-state index in [4.69, 9.17) is 49.0 Å². The molecule has 4 aromatic carbocycles. The van der Waals surface area contributed by atoms with Crippen LogP contribution in [0.25, 0.3) is 22.0 Å². The van der Waals surface area contributed by atoms with Crippen molar-refractivity contribution in [1.82, 2.24) is 10.4 Å². The highest BCUT2D eigenvalue weighted by molar-refractivity contribution is 6.41. The molecule has 8 nitrogen and oxygen atoms in total. The van der Waals surface area contributed by atoms with Crippen molar-refractivity contribution in [3.8, 4) is 28.4 Å². The normalized spacial score (nSPS) is 11.1. The number of aromatic amines is 1. The molecule has 0 saturated heterocycles. The van der Waals surface area contributed by atoms with Gasteiger partial charge in [0, 0.05) is 37.6 Å². The quantitative estimate of drug-likeness (QED) is 0.0682. The molecule has 1 aromatic heterocycles. The van der Waals surface area contributed by atoms with Crippen LogP contribution >= 0.6 is 34.8 Å². The largest absolute Gasteiger partial charge is 0.490 e. The maximum Gasteiger partial charge on any atom is 0.343 e. The van der Waals surface area contributed by atoms with Crippen molar-refractivity contribution in [3.63, 3.8) is 0 Å². The fourth-order valence-corrected chi connectivity index (χ4v) is 5.40. The number of fused-ring (bicyclic) bond motifs is 1. The Morgan fingerprint density at radius 1 is 0.841 bits per heavy atom. The van der Waals surface area contributed by atoms with Crippen LogP contribution in [-0.2, 0) is 0 Å². The number of nitrogens with one attached hydrogen (secondary N) is 2. The summed E-state index contributed by atoms with van der Waals surface area (Å²) >= 11 is 19.3. The standard InChI is InChI=1S/C33H26Cl3N3O5/c1-3-42-27-14-13-19(15-28(27)43-4-2)33(41)44-26-12-8-5-9-20(26)18-37-39-32(40)31-29(22-10-6-7-11-23(22)35)30-24(36)16-21(34)17-25(30)38-31/h5-18,38H,3-4H2,1-2H3,(H,39,40). The topological polar surface area (TPSA) is 102 Å². The summed E-state index contributed by atoms with van der Waals surface area (Å²) < 4.78 is 16.9. The number of halogens is 3. The third-order valence-corrected chi connectivity index (χ3v) is 7.30. The van der Waals surface area contributed by atoms with Crippen LogP contribution in [0.5, 0.6) is 17.2 Å². The highest BCUT2D eigenvalue weighted by Crippen LogP contribution is 2.41. The van der Waals surface area contributed by atoms with Gasteiger partial charge in [0.2, 0.25) is 0 Å². The first-order valence-electron chi connectivity index (χ1n) is 13.6. The Balaban J connectivity index is 1.39. The van der Waals surface area contributed by atoms with E-state index in [0.717, 1.165) is 0 Å². The van der Waals surface area contributed by atoms with Crippen LogP contribution in [0.3, 0.4) is 0 Å². The molecule has 0 radical (unpaired) electrons. The van der Waals surface area contributed by atoms with Crippen LogP contribution < -0.4 is 19.6 Å². The average Bonchev–Trinajstić information content (AvgIpc) is 3.39. The van der Waals surface area contributed by atoms with Crippen LogP contribution in [0, 0.1) is 0 Å². The summed E-state index contributed by atoms with van der Waals surface area (Å²) in [6.45, 7) is 4.57. The molecule has 224 valence electrons. The van der Waals surface area contributed by atoms with Gasteiger partial charge in [0.25, 0.3) is 5.91 Å². The summed E-state index contributed by atoms with van der Waals surface area (Å²) in [7, 11) is 0. The Labute approximate surface area is 268 Å². The smallest absolute Gasteiger partial charge is 0.343 e. The summed E-state index contributed by atoms with van der Waals surface area (Å²) in [6.07, 6.45) is 1.38. The number of ether oxygens (including phenoxy) is 3. The second kappa shape index (κ2) is 13.9. The SMILES string of the molecule is CCOc1ccc(C(=O)Oc2ccccc2C=NNC(=O)c2[nH]c3cc(Cl)cc(Cl)c3c2-c2ccccc2Cl)cc1OCC. The van der Waals surface area contributed by atoms with Gasteiger partial charge in [-0.1, -0.05) is 65.1 Å². The van der Waals surface area contributed by atoms with Gasteiger partial charge in [-0.25, -0.2) is 10.2 Å². The van der Waals surface area contributed by atoms with Crippen LogP contribution in [0.4, 0.5) is 0 Å². The summed E-state index contributed by atoms with van der Waals surface area (Å²) in [5.74, 6) is 0.0696. The molecular weight excluding hydrogens is 625 g/mol. The number of hydrazone groups is 1. The van der Waals surface area contributed by atoms with Gasteiger partial charge in [-0.15, -0.1) is 0 Å². The van der Waals surface area contributed by atoms with E-state index >= 15 is 0 Å². The number of hydrogen-bond donors (Lipinski definition) is 2. The Morgan fingerprint density at radius 2 is 1.57 bits per heavy atom. The van der Waals surface area contributed by atoms with E-state index in [1.54, 1.807) is 72.8 Å². The van der Waals surface area contributed by atoms with Crippen molar-refractivity contribution in [2.75, 3.05) is 13.2 Å². The van der Waals surface area contributed by atoms with E-state index < -0.39 is 11.9 Å². The molecule has 0 atom stereocenters. The summed E-state index contributed by atoms with van der Waals surface area (Å²) in [4.78, 5) is 29.6. The number of aromatic nitrogens is 1. The number of carbonyl (C=O) groups excluding carboxylic acids is 2. The molecule has 0 spiro atoms. The minimum Gasteiger partial charge on any atom is -0.490 e. The lowest BCUT2D eigenvalue weighted by atomic mass is 10.0. The van der Waals surface area contributed by atoms with Gasteiger partial charge in [0.15, 0.2) is 11.5 Å². The lowest BCUT2D eigenvalue weighted by Gasteiger charge is -2.12. The van der Waals surface area contributed by atoms with Gasteiger partial charge in [0.05, 0.1) is 30.0 Å². The molecule has 44 heavy (non-hydrogen) atoms. The highest BCUT2D eigenvalue weighted by atomic mass is 35.5. The lowest BCUT2D eigenvalue weighted by Crippen LogP contribution is -2.19. The molecule has 0 unspecified atom stereocenters. The van der Waals surface area contributed by atoms with Crippen molar-refractivity contribution >= 4 is 63.8 Å². The van der Waals surface area contributed by atoms with Crippen LogP contribution in [-0.4, -0.2) is 36.3 Å². The number of H-pyrrole nitrogens is 1. The number of carbonyl (C=O) groups is 2. The fraction of sp³-hybridized carbons (Fsp3) is 0.121. The first-order chi connectivity index (χ1) is 21.3. The number of hydrogen-bond acceptors (Lipinski definition) is 6. The van der Waals surface area contributed by atoms with Crippen molar-refractivity contribution in [2.45, 2.75) is 13.8 Å². The van der Waals surface area contributed by atoms with Crippen molar-refractivity contribution in [2.24, 2.45) is 5.10 Å². The van der Waals surface area contributed by atoms with Gasteiger partial charge in [0.1, 0.15) is 11.4 Å². The second-order valence-electron chi connectivity index (χ2n) is 9.32. The van der Waals surface area contributed by atoms with Gasteiger partial charge >= 0.3 is 5.97 Å². The van der Waals surface area contributed by atoms with E-state index in [1.807, 2.05) is 19.9 Å². The first kappa shape index (κ1) is 30.9. The number of nitrogens with zero attached hydrogens (tertiary/aromatic N) is 1. The van der Waals surface area contributed by atoms with E-state index in [2.05, 4.69) is 15.5 Å². The Kier molecular flexibility index (Phi) is 9.75. The summed E-state index contributed by atoms with van der Waals surface area (Å²) in [6, 6.07) is 22.0. The Hall–Kier alpha value is -4.50. The number of esters is 1. The number of rotatable bonds is 10. The van der Waals surface area contributed by atoms with Gasteiger partial charge in [-0.3, -0.25) is 4.79 Å². The van der Waals surface area contributed by atoms with Crippen molar-refractivity contribution < 1.29 is 23.8 Å². The Bertz CT molecular complexity index is 1890. The van der Waals surface area contributed by atoms with E-state index in [9.17, 15) is 9.59 Å². The monoisotopic (exact) mass is 649 g/mol. The zero-order valence-electron chi connectivity index (χ0n) is 23.6. The number of benzene rings is 4. The molecule has 0 aliphatic carbocycles. The predicted molar refractivity (Wildman–Crippen MR) is 174 cm³/mol. The van der Waals surface area contributed by atoms with E-state index in [1.165, 1.54) is 6.21 Å². The predicted octanol–water partition coefficient (Wildman–Crippen LogP) is 8.58. The zero-order valence-corrected chi connectivity index (χ0v) is 25.9. The first-order valence-corrected chi connectivity index (χ1v) is 14.7. The maximum atomic E-state index is 13.4. The highest BCUT2D eigenvalue weighted by Gasteiger charge is 2.23. The van der Waals surface area contributed by atoms with Crippen LogP contribution in [0.1, 0.15) is 40.3 Å². The molecule has 0 saturated carbocycles. The van der Waals surface area contributed by atoms with Gasteiger partial charge in [-0.2, -0.15) is 5.10 Å². The molecule has 5 aromatic rings. The Morgan fingerprint density at radius 3 is 2.34 bits per heavy atom. The van der Waals surface area contributed by atoms with Gasteiger partial charge in [-0.05, 0) is 62.4 Å². The van der Waals surface area contributed by atoms with Crippen molar-refractivity contribution in [3.05, 3.63) is 111 Å². The van der Waals surface area contributed by atoms with Crippen molar-refractivity contribution in [1.29, 1.82) is 0 Å². The molecule has 11 heteroatoms. The summed E-state index contributed by atoms with van der Waals surface area (Å²) in [5.41, 5.74) is 5.14. The third kappa shape index (κ3) is 6.68. The molecule has 0 bridgehead atoms. The molecule has 5 rings (SSSR count). The molecule has 0 aliphatic heterocycles. The third-order valence-electron chi connectivity index (χ3n) is 6.46. The summed E-state index contributed by atoms with van der Waals surface area (Å²) in [5, 5.41) is 5.93. The molecule has 2 N–H and O–H groups in total. The maximum absolute atomic E-state index is 13.4. The van der Waals surface area contributed by atoms with Crippen LogP contribution in [0.15, 0.2) is 84.0 Å². The van der Waals surface area contributed by atoms with Gasteiger partial charge < -0.3 is 19.2 Å². The molecule has 1 heterocycles. The lowest BCUT2D eigenvalue weighted by molar-refractivity contribution is 0.0733. The average molecular weight is 651 g/mol. The zero-order chi connectivity index (χ0) is 31.2. The number of para-hydroxylation sites is 1. The molecule has 0 aliphatic rings. The van der Waals surface area contributed by atoms with E-state index in [0.29, 0.717) is 67.4 Å². The van der Waals surface area contributed by atoms with Crippen LogP contribution in [0.2, 0.25) is 15.1 Å². The molecule has 1 amide bonds. The minimum absolute atomic E-state index is 0.190. The number of amides is 1.